The van der Waals surface area contributed by atoms with Gasteiger partial charge in [-0.25, -0.2) is 0 Å². The molecule has 11 nitrogen and oxygen atoms in total. The summed E-state index contributed by atoms with van der Waals surface area (Å²) in [5.41, 5.74) is 1.51. The Labute approximate surface area is 165 Å². The van der Waals surface area contributed by atoms with Crippen LogP contribution in [0.1, 0.15) is 0 Å². The zero-order chi connectivity index (χ0) is 20.8. The molecule has 0 spiro atoms. The van der Waals surface area contributed by atoms with Crippen molar-refractivity contribution in [2.75, 3.05) is 0 Å². The van der Waals surface area contributed by atoms with Gasteiger partial charge in [0.15, 0.2) is 0 Å². The molecule has 4 aromatic rings. The molecular weight excluding hydrogens is 398 g/mol. The van der Waals surface area contributed by atoms with Gasteiger partial charge in [-0.3, -0.25) is 19.5 Å². The second kappa shape index (κ2) is 6.67. The molecule has 0 aliphatic heterocycles. The minimum atomic E-state index is -4.21. The Morgan fingerprint density at radius 1 is 1.00 bits per heavy atom. The van der Waals surface area contributed by atoms with Crippen LogP contribution in [0.4, 0.5) is 5.69 Å². The molecule has 0 atom stereocenters. The number of benzene rings is 1. The van der Waals surface area contributed by atoms with E-state index in [1.54, 1.807) is 43.4 Å². The van der Waals surface area contributed by atoms with E-state index in [0.29, 0.717) is 16.8 Å². The van der Waals surface area contributed by atoms with Crippen LogP contribution in [0.25, 0.3) is 22.5 Å². The van der Waals surface area contributed by atoms with Crippen molar-refractivity contribution in [2.24, 2.45) is 14.1 Å². The lowest BCUT2D eigenvalue weighted by Crippen LogP contribution is -2.16. The maximum Gasteiger partial charge on any atom is 0.283 e. The Hall–Kier alpha value is -3.80. The number of rotatable bonds is 5. The van der Waals surface area contributed by atoms with Crippen molar-refractivity contribution in [3.63, 3.8) is 0 Å². The summed E-state index contributed by atoms with van der Waals surface area (Å²) in [6, 6.07) is 6.46. The second-order valence-electron chi connectivity index (χ2n) is 6.32. The van der Waals surface area contributed by atoms with Crippen molar-refractivity contribution < 1.29 is 13.3 Å². The minimum Gasteiger partial charge on any atom is -0.275 e. The predicted molar refractivity (Wildman–Crippen MR) is 102 cm³/mol. The first-order valence-electron chi connectivity index (χ1n) is 8.34. The van der Waals surface area contributed by atoms with Gasteiger partial charge in [0.25, 0.3) is 15.7 Å². The van der Waals surface area contributed by atoms with E-state index in [1.165, 1.54) is 29.1 Å². The summed E-state index contributed by atoms with van der Waals surface area (Å²) in [6.45, 7) is 0. The number of nitro groups is 1. The monoisotopic (exact) mass is 413 g/mol. The van der Waals surface area contributed by atoms with Gasteiger partial charge in [0.2, 0.25) is 0 Å². The Bertz CT molecular complexity index is 1330. The lowest BCUT2D eigenvalue weighted by molar-refractivity contribution is -0.385. The summed E-state index contributed by atoms with van der Waals surface area (Å²) in [6.07, 6.45) is 6.45. The zero-order valence-electron chi connectivity index (χ0n) is 15.4. The van der Waals surface area contributed by atoms with Gasteiger partial charge < -0.3 is 0 Å². The Kier molecular flexibility index (Phi) is 4.27. The van der Waals surface area contributed by atoms with E-state index in [2.05, 4.69) is 15.3 Å². The van der Waals surface area contributed by atoms with Crippen LogP contribution >= 0.6 is 0 Å². The predicted octanol–water partition coefficient (Wildman–Crippen LogP) is 1.83. The Balaban J connectivity index is 1.92. The summed E-state index contributed by atoms with van der Waals surface area (Å²) in [4.78, 5) is 10.2. The van der Waals surface area contributed by atoms with E-state index in [0.717, 1.165) is 10.2 Å². The van der Waals surface area contributed by atoms with Gasteiger partial charge >= 0.3 is 0 Å². The highest BCUT2D eigenvalue weighted by Gasteiger charge is 2.26. The van der Waals surface area contributed by atoms with Gasteiger partial charge in [0.05, 0.1) is 33.6 Å². The van der Waals surface area contributed by atoms with Gasteiger partial charge in [-0.15, -0.1) is 0 Å². The van der Waals surface area contributed by atoms with Crippen LogP contribution < -0.4 is 0 Å². The molecule has 0 fully saturated rings. The quantitative estimate of drug-likeness (QED) is 0.360. The molecule has 0 amide bonds. The van der Waals surface area contributed by atoms with Crippen molar-refractivity contribution in [2.45, 2.75) is 4.90 Å². The highest BCUT2D eigenvalue weighted by atomic mass is 32.2. The molecule has 0 bridgehead atoms. The summed E-state index contributed by atoms with van der Waals surface area (Å²) in [5, 5.41) is 23.5. The van der Waals surface area contributed by atoms with Gasteiger partial charge in [-0.05, 0) is 12.1 Å². The Morgan fingerprint density at radius 3 is 2.24 bits per heavy atom. The van der Waals surface area contributed by atoms with E-state index in [1.807, 2.05) is 0 Å². The first-order chi connectivity index (χ1) is 13.8. The molecule has 0 radical (unpaired) electrons. The average molecular weight is 413 g/mol. The maximum atomic E-state index is 13.3. The standard InChI is InChI=1S/C17H15N7O4S/c1-21-10-12(8-18-21)16-7-17(13-9-19-22(2)11-13)23(20-16)29(27,28)15-5-3-4-14(6-15)24(25)26/h3-11H,1-2H3. The number of hydrogen-bond donors (Lipinski definition) is 0. The van der Waals surface area contributed by atoms with Crippen LogP contribution in [0.2, 0.25) is 0 Å². The van der Waals surface area contributed by atoms with Crippen molar-refractivity contribution in [1.82, 2.24) is 28.7 Å². The second-order valence-corrected chi connectivity index (χ2v) is 8.09. The van der Waals surface area contributed by atoms with Crippen LogP contribution in [0, 0.1) is 10.1 Å². The molecule has 4 rings (SSSR count). The third-order valence-corrected chi connectivity index (χ3v) is 5.82. The number of hydrogen-bond acceptors (Lipinski definition) is 7. The number of nitro benzene ring substituents is 1. The average Bonchev–Trinajstić information content (AvgIpc) is 3.41. The van der Waals surface area contributed by atoms with E-state index >= 15 is 0 Å². The van der Waals surface area contributed by atoms with Crippen molar-refractivity contribution in [3.05, 3.63) is 65.2 Å². The van der Waals surface area contributed by atoms with Gasteiger partial charge in [0, 0.05) is 49.7 Å². The zero-order valence-corrected chi connectivity index (χ0v) is 16.2. The lowest BCUT2D eigenvalue weighted by Gasteiger charge is -2.07. The number of aryl methyl sites for hydroxylation is 2. The molecular formula is C17H15N7O4S. The SMILES string of the molecule is Cn1cc(-c2cc(-c3cnn(C)c3)n(S(=O)(=O)c3cccc([N+](=O)[O-])c3)n2)cn1. The van der Waals surface area contributed by atoms with Gasteiger partial charge in [-0.2, -0.15) is 27.8 Å². The molecule has 29 heavy (non-hydrogen) atoms. The molecule has 1 aromatic carbocycles. The first kappa shape index (κ1) is 18.6. The molecule has 148 valence electrons. The third kappa shape index (κ3) is 3.29. The maximum absolute atomic E-state index is 13.3. The van der Waals surface area contributed by atoms with Gasteiger partial charge in [-0.1, -0.05) is 6.07 Å². The largest absolute Gasteiger partial charge is 0.283 e. The lowest BCUT2D eigenvalue weighted by atomic mass is 10.2. The van der Waals surface area contributed by atoms with Crippen LogP contribution in [0.3, 0.4) is 0 Å². The topological polar surface area (TPSA) is 131 Å². The fourth-order valence-corrected chi connectivity index (χ4v) is 4.18. The van der Waals surface area contributed by atoms with Crippen LogP contribution in [-0.4, -0.2) is 42.1 Å². The smallest absolute Gasteiger partial charge is 0.275 e. The van der Waals surface area contributed by atoms with E-state index in [4.69, 9.17) is 0 Å². The van der Waals surface area contributed by atoms with Crippen LogP contribution in [-0.2, 0) is 24.1 Å². The van der Waals surface area contributed by atoms with E-state index < -0.39 is 14.9 Å². The molecule has 0 saturated carbocycles. The van der Waals surface area contributed by atoms with Crippen LogP contribution in [0.5, 0.6) is 0 Å². The molecule has 12 heteroatoms. The van der Waals surface area contributed by atoms with E-state index in [9.17, 15) is 18.5 Å². The van der Waals surface area contributed by atoms with Crippen molar-refractivity contribution in [1.29, 1.82) is 0 Å². The summed E-state index contributed by atoms with van der Waals surface area (Å²) >= 11 is 0. The number of nitrogens with zero attached hydrogens (tertiary/aromatic N) is 7. The highest BCUT2D eigenvalue weighted by Crippen LogP contribution is 2.29. The number of aromatic nitrogens is 6. The highest BCUT2D eigenvalue weighted by molar-refractivity contribution is 7.90. The van der Waals surface area contributed by atoms with E-state index in [-0.39, 0.29) is 16.3 Å². The molecule has 0 N–H and O–H groups in total. The number of non-ortho nitro benzene ring substituents is 1. The summed E-state index contributed by atoms with van der Waals surface area (Å²) in [5.74, 6) is 0. The summed E-state index contributed by atoms with van der Waals surface area (Å²) in [7, 11) is -0.760. The molecule has 0 unspecified atom stereocenters. The molecule has 0 aliphatic rings. The molecule has 0 aliphatic carbocycles. The molecule has 3 aromatic heterocycles. The summed E-state index contributed by atoms with van der Waals surface area (Å²) < 4.78 is 30.6. The fraction of sp³-hybridized carbons (Fsp3) is 0.118. The molecule has 3 heterocycles. The first-order valence-corrected chi connectivity index (χ1v) is 9.78. The Morgan fingerprint density at radius 2 is 1.66 bits per heavy atom. The minimum absolute atomic E-state index is 0.238. The van der Waals surface area contributed by atoms with Crippen LogP contribution in [0.15, 0.2) is 60.0 Å². The van der Waals surface area contributed by atoms with Crippen molar-refractivity contribution in [3.8, 4) is 22.5 Å². The normalized spacial score (nSPS) is 11.7. The van der Waals surface area contributed by atoms with Gasteiger partial charge in [0.1, 0.15) is 0 Å². The molecule has 0 saturated heterocycles. The third-order valence-electron chi connectivity index (χ3n) is 4.23. The van der Waals surface area contributed by atoms with Crippen molar-refractivity contribution >= 4 is 15.7 Å². The fourth-order valence-electron chi connectivity index (χ4n) is 2.85.